The molecule has 2 aromatic carbocycles. The van der Waals surface area contributed by atoms with Gasteiger partial charge in [0.2, 0.25) is 0 Å². The van der Waals surface area contributed by atoms with Gasteiger partial charge in [0.15, 0.2) is 0 Å². The predicted octanol–water partition coefficient (Wildman–Crippen LogP) is 5.93. The zero-order valence-electron chi connectivity index (χ0n) is 19.0. The Morgan fingerprint density at radius 3 is 2.06 bits per heavy atom. The van der Waals surface area contributed by atoms with Crippen LogP contribution in [0.1, 0.15) is 43.0 Å². The van der Waals surface area contributed by atoms with Gasteiger partial charge in [-0.15, -0.1) is 0 Å². The molecular formula is C24H27F6N3O. The molecule has 34 heavy (non-hydrogen) atoms. The summed E-state index contributed by atoms with van der Waals surface area (Å²) in [7, 11) is 0. The lowest BCUT2D eigenvalue weighted by atomic mass is 9.91. The van der Waals surface area contributed by atoms with E-state index in [1.54, 1.807) is 6.92 Å². The van der Waals surface area contributed by atoms with E-state index < -0.39 is 23.5 Å². The second kappa shape index (κ2) is 10.1. The largest absolute Gasteiger partial charge is 0.430 e. The molecule has 2 aromatic rings. The van der Waals surface area contributed by atoms with Crippen LogP contribution in [-0.4, -0.2) is 30.2 Å². The summed E-state index contributed by atoms with van der Waals surface area (Å²) in [6, 6.07) is 9.19. The maximum atomic E-state index is 13.0. The zero-order valence-corrected chi connectivity index (χ0v) is 19.0. The molecule has 1 aliphatic heterocycles. The van der Waals surface area contributed by atoms with Gasteiger partial charge < -0.3 is 21.1 Å². The second-order valence-electron chi connectivity index (χ2n) is 7.66. The van der Waals surface area contributed by atoms with Crippen molar-refractivity contribution in [1.29, 1.82) is 5.41 Å². The Hall–Kier alpha value is -3.01. The number of halogens is 6. The third kappa shape index (κ3) is 5.06. The summed E-state index contributed by atoms with van der Waals surface area (Å²) in [5, 5.41) is 17.0. The number of hydrogen-bond donors (Lipinski definition) is 3. The monoisotopic (exact) mass is 487 g/mol. The number of benzene rings is 2. The number of allylic oxidation sites excluding steroid dienone is 2. The Morgan fingerprint density at radius 1 is 1.03 bits per heavy atom. The molecular weight excluding hydrogens is 460 g/mol. The standard InChI is InChI=1S/C22H21F6N3O.C2H6/c1-13(30)18(11-29)15-4-7-19-16(10-15)8-9-31(19)12-14-2-5-17(6-3-14)20(32,21(23,24)25)22(26,27)28;1-2/h2-7,10-11,29,32H,8-9,12,30H2,1H3;1-2H3/b18-13+,29-11?;. The van der Waals surface area contributed by atoms with Crippen LogP contribution in [0.2, 0.25) is 0 Å². The molecule has 0 fully saturated rings. The Balaban J connectivity index is 0.00000199. The highest BCUT2D eigenvalue weighted by molar-refractivity contribution is 6.09. The van der Waals surface area contributed by atoms with E-state index in [0.717, 1.165) is 28.9 Å². The van der Waals surface area contributed by atoms with Crippen molar-refractivity contribution in [2.45, 2.75) is 51.7 Å². The van der Waals surface area contributed by atoms with Gasteiger partial charge in [-0.2, -0.15) is 26.3 Å². The Labute approximate surface area is 194 Å². The lowest BCUT2D eigenvalue weighted by molar-refractivity contribution is -0.376. The van der Waals surface area contributed by atoms with Crippen LogP contribution in [0.3, 0.4) is 0 Å². The highest BCUT2D eigenvalue weighted by Gasteiger charge is 2.71. The molecule has 0 amide bonds. The van der Waals surface area contributed by atoms with Gasteiger partial charge in [0, 0.05) is 41.8 Å². The lowest BCUT2D eigenvalue weighted by Crippen LogP contribution is -2.53. The Kier molecular flexibility index (Phi) is 8.08. The number of alkyl halides is 6. The van der Waals surface area contributed by atoms with Gasteiger partial charge in [-0.3, -0.25) is 0 Å². The number of nitrogens with one attached hydrogen (secondary N) is 1. The number of anilines is 1. The van der Waals surface area contributed by atoms with Crippen molar-refractivity contribution in [3.8, 4) is 0 Å². The molecule has 0 spiro atoms. The van der Waals surface area contributed by atoms with Crippen molar-refractivity contribution in [1.82, 2.24) is 0 Å². The van der Waals surface area contributed by atoms with Gasteiger partial charge in [-0.25, -0.2) is 0 Å². The van der Waals surface area contributed by atoms with Crippen LogP contribution in [0.25, 0.3) is 5.57 Å². The molecule has 0 bridgehead atoms. The van der Waals surface area contributed by atoms with Gasteiger partial charge in [0.05, 0.1) is 0 Å². The third-order valence-electron chi connectivity index (χ3n) is 5.52. The van der Waals surface area contributed by atoms with Crippen LogP contribution >= 0.6 is 0 Å². The van der Waals surface area contributed by atoms with E-state index in [1.165, 1.54) is 6.21 Å². The smallest absolute Gasteiger partial charge is 0.402 e. The molecule has 0 unspecified atom stereocenters. The second-order valence-corrected chi connectivity index (χ2v) is 7.66. The fraction of sp³-hybridized carbons (Fsp3) is 0.375. The number of nitrogens with two attached hydrogens (primary N) is 1. The summed E-state index contributed by atoms with van der Waals surface area (Å²) in [5.41, 5.74) is 3.88. The van der Waals surface area contributed by atoms with E-state index in [1.807, 2.05) is 36.9 Å². The molecule has 186 valence electrons. The molecule has 4 nitrogen and oxygen atoms in total. The summed E-state index contributed by atoms with van der Waals surface area (Å²) in [6.07, 6.45) is -9.96. The van der Waals surface area contributed by atoms with Crippen LogP contribution in [-0.2, 0) is 18.6 Å². The molecule has 0 radical (unpaired) electrons. The van der Waals surface area contributed by atoms with E-state index in [-0.39, 0.29) is 6.54 Å². The molecule has 0 atom stereocenters. The van der Waals surface area contributed by atoms with Crippen molar-refractivity contribution in [2.24, 2.45) is 5.73 Å². The van der Waals surface area contributed by atoms with Crippen LogP contribution in [0.15, 0.2) is 48.2 Å². The number of fused-ring (bicyclic) bond motifs is 1. The fourth-order valence-corrected chi connectivity index (χ4v) is 3.79. The molecule has 1 heterocycles. The Morgan fingerprint density at radius 2 is 1.59 bits per heavy atom. The lowest BCUT2D eigenvalue weighted by Gasteiger charge is -2.32. The number of rotatable bonds is 5. The summed E-state index contributed by atoms with van der Waals surface area (Å²) < 4.78 is 78.2. The average Bonchev–Trinajstić information content (AvgIpc) is 3.16. The number of nitrogens with zero attached hydrogens (tertiary/aromatic N) is 1. The van der Waals surface area contributed by atoms with Crippen molar-refractivity contribution in [2.75, 3.05) is 11.4 Å². The summed E-state index contributed by atoms with van der Waals surface area (Å²) in [5.74, 6) is 0. The molecule has 0 aliphatic carbocycles. The third-order valence-corrected chi connectivity index (χ3v) is 5.52. The van der Waals surface area contributed by atoms with Gasteiger partial charge in [0.25, 0.3) is 5.60 Å². The molecule has 3 rings (SSSR count). The molecule has 0 saturated carbocycles. The van der Waals surface area contributed by atoms with Gasteiger partial charge in [0.1, 0.15) is 0 Å². The SMILES string of the molecule is C/C(N)=C(/C=N)c1ccc2c(c1)CCN2Cc1ccc(C(O)(C(F)(F)F)C(F)(F)F)cc1.CC. The van der Waals surface area contributed by atoms with E-state index in [4.69, 9.17) is 11.1 Å². The minimum absolute atomic E-state index is 0.270. The zero-order chi connectivity index (χ0) is 25.9. The van der Waals surface area contributed by atoms with Gasteiger partial charge in [-0.05, 0) is 42.2 Å². The first-order valence-corrected chi connectivity index (χ1v) is 10.6. The van der Waals surface area contributed by atoms with E-state index in [2.05, 4.69) is 0 Å². The highest BCUT2D eigenvalue weighted by atomic mass is 19.4. The maximum absolute atomic E-state index is 13.0. The van der Waals surface area contributed by atoms with Crippen molar-refractivity contribution in [3.05, 3.63) is 70.4 Å². The molecule has 4 N–H and O–H groups in total. The topological polar surface area (TPSA) is 73.3 Å². The Bertz CT molecular complexity index is 1020. The summed E-state index contributed by atoms with van der Waals surface area (Å²) >= 11 is 0. The molecule has 0 saturated heterocycles. The highest BCUT2D eigenvalue weighted by Crippen LogP contribution is 2.50. The first-order valence-electron chi connectivity index (χ1n) is 10.6. The van der Waals surface area contributed by atoms with Crippen LogP contribution in [0.5, 0.6) is 0 Å². The first-order chi connectivity index (χ1) is 15.8. The molecule has 0 aromatic heterocycles. The fourth-order valence-electron chi connectivity index (χ4n) is 3.79. The molecule has 1 aliphatic rings. The maximum Gasteiger partial charge on any atom is 0.430 e. The predicted molar refractivity (Wildman–Crippen MR) is 121 cm³/mol. The van der Waals surface area contributed by atoms with Crippen molar-refractivity contribution in [3.63, 3.8) is 0 Å². The van der Waals surface area contributed by atoms with E-state index in [0.29, 0.717) is 41.9 Å². The van der Waals surface area contributed by atoms with E-state index >= 15 is 0 Å². The number of hydrogen-bond acceptors (Lipinski definition) is 4. The first kappa shape index (κ1) is 27.2. The van der Waals surface area contributed by atoms with E-state index in [9.17, 15) is 31.4 Å². The minimum atomic E-state index is -5.91. The number of aliphatic hydroxyl groups is 1. The quantitative estimate of drug-likeness (QED) is 0.362. The molecule has 10 heteroatoms. The normalized spacial score (nSPS) is 14.7. The summed E-state index contributed by atoms with van der Waals surface area (Å²) in [6.45, 7) is 6.58. The van der Waals surface area contributed by atoms with Crippen LogP contribution in [0.4, 0.5) is 32.0 Å². The van der Waals surface area contributed by atoms with Crippen molar-refractivity contribution < 1.29 is 31.4 Å². The van der Waals surface area contributed by atoms with Crippen LogP contribution < -0.4 is 10.6 Å². The van der Waals surface area contributed by atoms with Crippen molar-refractivity contribution >= 4 is 17.5 Å². The van der Waals surface area contributed by atoms with Gasteiger partial charge in [-0.1, -0.05) is 44.2 Å². The summed E-state index contributed by atoms with van der Waals surface area (Å²) in [4.78, 5) is 1.96. The van der Waals surface area contributed by atoms with Gasteiger partial charge >= 0.3 is 12.4 Å². The van der Waals surface area contributed by atoms with Crippen LogP contribution in [0, 0.1) is 5.41 Å². The average molecular weight is 487 g/mol. The minimum Gasteiger partial charge on any atom is -0.402 e.